The third-order valence-electron chi connectivity index (χ3n) is 3.73. The van der Waals surface area contributed by atoms with Crippen molar-refractivity contribution in [2.24, 2.45) is 0 Å². The third kappa shape index (κ3) is 3.28. The zero-order chi connectivity index (χ0) is 18.3. The van der Waals surface area contributed by atoms with Crippen molar-refractivity contribution in [2.75, 3.05) is 6.26 Å². The molecule has 0 unspecified atom stereocenters. The lowest BCUT2D eigenvalue weighted by atomic mass is 10.2. The maximum absolute atomic E-state index is 13.0. The van der Waals surface area contributed by atoms with Gasteiger partial charge in [0.1, 0.15) is 5.03 Å². The molecule has 0 saturated heterocycles. The number of thiophene rings is 1. The van der Waals surface area contributed by atoms with Gasteiger partial charge < -0.3 is 0 Å². The van der Waals surface area contributed by atoms with Crippen molar-refractivity contribution in [3.63, 3.8) is 0 Å². The van der Waals surface area contributed by atoms with Crippen molar-refractivity contribution in [1.82, 2.24) is 9.97 Å². The van der Waals surface area contributed by atoms with E-state index in [9.17, 15) is 13.2 Å². The molecule has 132 valence electrons. The van der Waals surface area contributed by atoms with Crippen molar-refractivity contribution < 1.29 is 13.2 Å². The largest absolute Gasteiger partial charge is 0.416 e. The number of aromatic nitrogens is 2. The Hall–Kier alpha value is -1.77. The first kappa shape index (κ1) is 17.6. The Balaban J connectivity index is 1.86. The molecule has 26 heavy (non-hydrogen) atoms. The molecule has 8 heteroatoms. The first-order chi connectivity index (χ1) is 12.5. The maximum atomic E-state index is 13.0. The molecule has 0 radical (unpaired) electrons. The third-order valence-corrected chi connectivity index (χ3v) is 6.55. The number of thioether (sulfide) groups is 1. The Kier molecular flexibility index (Phi) is 4.58. The first-order valence-electron chi connectivity index (χ1n) is 7.54. The summed E-state index contributed by atoms with van der Waals surface area (Å²) in [7, 11) is 0. The van der Waals surface area contributed by atoms with Gasteiger partial charge in [-0.3, -0.25) is 0 Å². The van der Waals surface area contributed by atoms with Crippen molar-refractivity contribution in [3.8, 4) is 0 Å². The van der Waals surface area contributed by atoms with Gasteiger partial charge in [0.15, 0.2) is 5.16 Å². The van der Waals surface area contributed by atoms with Crippen molar-refractivity contribution in [1.29, 1.82) is 0 Å². The fourth-order valence-electron chi connectivity index (χ4n) is 2.55. The van der Waals surface area contributed by atoms with Crippen molar-refractivity contribution in [2.45, 2.75) is 21.3 Å². The molecule has 0 aliphatic carbocycles. The van der Waals surface area contributed by atoms with Gasteiger partial charge in [0.05, 0.1) is 15.8 Å². The summed E-state index contributed by atoms with van der Waals surface area (Å²) in [6.07, 6.45) is -2.48. The predicted octanol–water partition coefficient (Wildman–Crippen LogP) is 6.74. The summed E-state index contributed by atoms with van der Waals surface area (Å²) in [6, 6.07) is 13.2. The molecule has 2 aromatic heterocycles. The van der Waals surface area contributed by atoms with Gasteiger partial charge in [-0.1, -0.05) is 47.8 Å². The number of halogens is 3. The molecular formula is C18H11F3N2S3. The van der Waals surface area contributed by atoms with E-state index in [1.165, 1.54) is 29.6 Å². The SMILES string of the molecule is CSc1nc(Sc2cccc(C(F)(F)F)c2)c2sc3ccccc3c2n1. The van der Waals surface area contributed by atoms with E-state index >= 15 is 0 Å². The average molecular weight is 408 g/mol. The van der Waals surface area contributed by atoms with Crippen LogP contribution in [0.3, 0.4) is 0 Å². The van der Waals surface area contributed by atoms with Crippen LogP contribution in [0.4, 0.5) is 13.2 Å². The molecule has 2 heterocycles. The Morgan fingerprint density at radius 3 is 2.58 bits per heavy atom. The summed E-state index contributed by atoms with van der Waals surface area (Å²) in [4.78, 5) is 9.66. The lowest BCUT2D eigenvalue weighted by Gasteiger charge is -2.09. The van der Waals surface area contributed by atoms with Crippen LogP contribution in [0.5, 0.6) is 0 Å². The zero-order valence-electron chi connectivity index (χ0n) is 13.4. The molecule has 0 aliphatic rings. The standard InChI is InChI=1S/C18H11F3N2S3/c1-24-17-22-14-12-7-2-3-8-13(12)26-15(14)16(23-17)25-11-6-4-5-10(9-11)18(19,20)21/h2-9H,1H3. The quantitative estimate of drug-likeness (QED) is 0.213. The van der Waals surface area contributed by atoms with Crippen LogP contribution in [-0.2, 0) is 6.18 Å². The van der Waals surface area contributed by atoms with Crippen molar-refractivity contribution in [3.05, 3.63) is 54.1 Å². The van der Waals surface area contributed by atoms with E-state index < -0.39 is 11.7 Å². The van der Waals surface area contributed by atoms with E-state index in [0.29, 0.717) is 15.1 Å². The monoisotopic (exact) mass is 408 g/mol. The Morgan fingerprint density at radius 1 is 1.00 bits per heavy atom. The molecular weight excluding hydrogens is 397 g/mol. The van der Waals surface area contributed by atoms with Crippen LogP contribution < -0.4 is 0 Å². The van der Waals surface area contributed by atoms with Crippen LogP contribution in [0.1, 0.15) is 5.56 Å². The smallest absolute Gasteiger partial charge is 0.221 e. The maximum Gasteiger partial charge on any atom is 0.416 e. The van der Waals surface area contributed by atoms with E-state index in [2.05, 4.69) is 9.97 Å². The Morgan fingerprint density at radius 2 is 1.81 bits per heavy atom. The van der Waals surface area contributed by atoms with Gasteiger partial charge in [-0.15, -0.1) is 11.3 Å². The molecule has 0 atom stereocenters. The van der Waals surface area contributed by atoms with Crippen LogP contribution >= 0.6 is 34.9 Å². The molecule has 0 bridgehead atoms. The van der Waals surface area contributed by atoms with Gasteiger partial charge in [0, 0.05) is 15.0 Å². The molecule has 0 aliphatic heterocycles. The van der Waals surface area contributed by atoms with E-state index in [4.69, 9.17) is 0 Å². The average Bonchev–Trinajstić information content (AvgIpc) is 3.00. The van der Waals surface area contributed by atoms with E-state index in [1.807, 2.05) is 30.5 Å². The number of hydrogen-bond donors (Lipinski definition) is 0. The number of fused-ring (bicyclic) bond motifs is 3. The second-order valence-corrected chi connectivity index (χ2v) is 8.31. The topological polar surface area (TPSA) is 25.8 Å². The molecule has 0 spiro atoms. The van der Waals surface area contributed by atoms with Crippen LogP contribution in [0.15, 0.2) is 63.6 Å². The number of hydrogen-bond acceptors (Lipinski definition) is 5. The highest BCUT2D eigenvalue weighted by Crippen LogP contribution is 2.41. The van der Waals surface area contributed by atoms with Crippen LogP contribution in [0.25, 0.3) is 20.3 Å². The van der Waals surface area contributed by atoms with Gasteiger partial charge in [0.25, 0.3) is 0 Å². The normalized spacial score (nSPS) is 12.2. The van der Waals surface area contributed by atoms with Crippen LogP contribution in [0.2, 0.25) is 0 Å². The highest BCUT2D eigenvalue weighted by Gasteiger charge is 2.30. The van der Waals surface area contributed by atoms with Gasteiger partial charge >= 0.3 is 6.18 Å². The Bertz CT molecular complexity index is 1110. The number of benzene rings is 2. The molecule has 2 aromatic carbocycles. The fraction of sp³-hybridized carbons (Fsp3) is 0.111. The van der Waals surface area contributed by atoms with E-state index in [-0.39, 0.29) is 0 Å². The molecule has 0 amide bonds. The fourth-order valence-corrected chi connectivity index (χ4v) is 5.13. The number of alkyl halides is 3. The number of nitrogens with zero attached hydrogens (tertiary/aromatic N) is 2. The van der Waals surface area contributed by atoms with Gasteiger partial charge in [0.2, 0.25) is 0 Å². The minimum absolute atomic E-state index is 0.504. The zero-order valence-corrected chi connectivity index (χ0v) is 15.8. The molecule has 4 aromatic rings. The first-order valence-corrected chi connectivity index (χ1v) is 10.4. The van der Waals surface area contributed by atoms with E-state index in [0.717, 1.165) is 32.4 Å². The predicted molar refractivity (Wildman–Crippen MR) is 102 cm³/mol. The molecule has 0 fully saturated rings. The Labute approximate surface area is 159 Å². The second kappa shape index (κ2) is 6.75. The van der Waals surface area contributed by atoms with Crippen LogP contribution in [-0.4, -0.2) is 16.2 Å². The lowest BCUT2D eigenvalue weighted by Crippen LogP contribution is -2.04. The highest BCUT2D eigenvalue weighted by molar-refractivity contribution is 8.00. The van der Waals surface area contributed by atoms with Gasteiger partial charge in [-0.05, 0) is 30.5 Å². The summed E-state index contributed by atoms with van der Waals surface area (Å²) in [6.45, 7) is 0. The minimum Gasteiger partial charge on any atom is -0.221 e. The minimum atomic E-state index is -4.36. The lowest BCUT2D eigenvalue weighted by molar-refractivity contribution is -0.137. The molecule has 2 nitrogen and oxygen atoms in total. The summed E-state index contributed by atoms with van der Waals surface area (Å²) in [5.41, 5.74) is 0.189. The second-order valence-electron chi connectivity index (χ2n) is 5.42. The molecule has 4 rings (SSSR count). The summed E-state index contributed by atoms with van der Waals surface area (Å²) >= 11 is 4.21. The van der Waals surface area contributed by atoms with Crippen LogP contribution in [0, 0.1) is 0 Å². The molecule has 0 saturated carbocycles. The van der Waals surface area contributed by atoms with Gasteiger partial charge in [-0.2, -0.15) is 13.2 Å². The number of rotatable bonds is 3. The van der Waals surface area contributed by atoms with E-state index in [1.54, 1.807) is 17.4 Å². The van der Waals surface area contributed by atoms with Gasteiger partial charge in [-0.25, -0.2) is 9.97 Å². The summed E-state index contributed by atoms with van der Waals surface area (Å²) < 4.78 is 40.9. The van der Waals surface area contributed by atoms with Crippen molar-refractivity contribution >= 4 is 55.2 Å². The summed E-state index contributed by atoms with van der Waals surface area (Å²) in [5.74, 6) is 0. The molecule has 0 N–H and O–H groups in total. The summed E-state index contributed by atoms with van der Waals surface area (Å²) in [5, 5.41) is 2.33. The highest BCUT2D eigenvalue weighted by atomic mass is 32.2.